The first kappa shape index (κ1) is 15.5. The van der Waals surface area contributed by atoms with Gasteiger partial charge in [-0.05, 0) is 42.7 Å². The molecule has 0 spiro atoms. The molecule has 0 heterocycles. The Morgan fingerprint density at radius 1 is 1.10 bits per heavy atom. The van der Waals surface area contributed by atoms with Crippen molar-refractivity contribution in [1.82, 2.24) is 5.32 Å². The van der Waals surface area contributed by atoms with Crippen molar-refractivity contribution in [3.63, 3.8) is 0 Å². The minimum Gasteiger partial charge on any atom is -0.489 e. The number of rotatable bonds is 7. The number of hydrogen-bond donors (Lipinski definition) is 2. The van der Waals surface area contributed by atoms with Crippen molar-refractivity contribution in [2.24, 2.45) is 0 Å². The molecule has 2 aromatic rings. The number of aryl methyl sites for hydroxylation is 1. The molecule has 2 N–H and O–H groups in total. The quantitative estimate of drug-likeness (QED) is 0.821. The Morgan fingerprint density at radius 2 is 1.81 bits per heavy atom. The Balaban J connectivity index is 1.84. The van der Waals surface area contributed by atoms with Gasteiger partial charge in [0.1, 0.15) is 12.4 Å². The second-order valence-electron chi connectivity index (χ2n) is 5.34. The largest absolute Gasteiger partial charge is 0.489 e. The third-order valence-corrected chi connectivity index (χ3v) is 3.35. The Kier molecular flexibility index (Phi) is 5.78. The zero-order chi connectivity index (χ0) is 15.1. The van der Waals surface area contributed by atoms with E-state index in [4.69, 9.17) is 4.74 Å². The van der Waals surface area contributed by atoms with Crippen molar-refractivity contribution in [1.29, 1.82) is 0 Å². The molecule has 3 heteroatoms. The average molecular weight is 285 g/mol. The summed E-state index contributed by atoms with van der Waals surface area (Å²) in [6, 6.07) is 16.3. The van der Waals surface area contributed by atoms with Gasteiger partial charge in [-0.3, -0.25) is 0 Å². The lowest BCUT2D eigenvalue weighted by molar-refractivity contribution is 0.191. The van der Waals surface area contributed by atoms with Crippen LogP contribution < -0.4 is 10.1 Å². The van der Waals surface area contributed by atoms with Crippen LogP contribution in [0.2, 0.25) is 0 Å². The fourth-order valence-corrected chi connectivity index (χ4v) is 2.06. The van der Waals surface area contributed by atoms with E-state index in [-0.39, 0.29) is 6.10 Å². The monoisotopic (exact) mass is 285 g/mol. The summed E-state index contributed by atoms with van der Waals surface area (Å²) in [6.45, 7) is 5.81. The van der Waals surface area contributed by atoms with Crippen molar-refractivity contribution in [2.45, 2.75) is 33.1 Å². The first-order valence-electron chi connectivity index (χ1n) is 7.30. The summed E-state index contributed by atoms with van der Waals surface area (Å²) < 4.78 is 5.81. The molecule has 0 bridgehead atoms. The number of benzene rings is 2. The van der Waals surface area contributed by atoms with Crippen molar-refractivity contribution >= 4 is 0 Å². The van der Waals surface area contributed by atoms with Gasteiger partial charge < -0.3 is 15.2 Å². The molecule has 2 rings (SSSR count). The normalized spacial score (nSPS) is 12.1. The lowest BCUT2D eigenvalue weighted by atomic mass is 10.1. The van der Waals surface area contributed by atoms with Gasteiger partial charge in [-0.2, -0.15) is 0 Å². The molecule has 0 aliphatic carbocycles. The van der Waals surface area contributed by atoms with Gasteiger partial charge in [0.2, 0.25) is 0 Å². The lowest BCUT2D eigenvalue weighted by Gasteiger charge is -2.10. The molecule has 3 nitrogen and oxygen atoms in total. The number of aliphatic hydroxyl groups excluding tert-OH is 1. The fraction of sp³-hybridized carbons (Fsp3) is 0.333. The zero-order valence-electron chi connectivity index (χ0n) is 12.7. The SMILES string of the molecule is Cc1ccccc1COc1ccc(CNCC(C)O)cc1. The van der Waals surface area contributed by atoms with Gasteiger partial charge in [0, 0.05) is 13.1 Å². The molecular weight excluding hydrogens is 262 g/mol. The predicted octanol–water partition coefficient (Wildman–Crippen LogP) is 3.04. The first-order valence-corrected chi connectivity index (χ1v) is 7.30. The molecule has 0 aliphatic heterocycles. The van der Waals surface area contributed by atoms with E-state index in [1.165, 1.54) is 16.7 Å². The van der Waals surface area contributed by atoms with Crippen LogP contribution in [0.5, 0.6) is 5.75 Å². The summed E-state index contributed by atoms with van der Waals surface area (Å²) in [7, 11) is 0. The molecule has 0 aliphatic rings. The molecule has 2 aromatic carbocycles. The number of nitrogens with one attached hydrogen (secondary N) is 1. The van der Waals surface area contributed by atoms with Crippen LogP contribution in [0, 0.1) is 6.92 Å². The van der Waals surface area contributed by atoms with E-state index in [0.717, 1.165) is 12.3 Å². The second-order valence-corrected chi connectivity index (χ2v) is 5.34. The summed E-state index contributed by atoms with van der Waals surface area (Å²) in [5, 5.41) is 12.4. The molecular formula is C18H23NO2. The van der Waals surface area contributed by atoms with E-state index in [9.17, 15) is 5.11 Å². The topological polar surface area (TPSA) is 41.5 Å². The Morgan fingerprint density at radius 3 is 2.48 bits per heavy atom. The van der Waals surface area contributed by atoms with Crippen molar-refractivity contribution in [3.8, 4) is 5.75 Å². The number of ether oxygens (including phenoxy) is 1. The molecule has 0 saturated carbocycles. The maximum atomic E-state index is 9.19. The van der Waals surface area contributed by atoms with Gasteiger partial charge in [-0.1, -0.05) is 36.4 Å². The molecule has 0 fully saturated rings. The Labute approximate surface area is 126 Å². The average Bonchev–Trinajstić information content (AvgIpc) is 2.47. The maximum Gasteiger partial charge on any atom is 0.119 e. The summed E-state index contributed by atoms with van der Waals surface area (Å²) in [5.41, 5.74) is 3.63. The third kappa shape index (κ3) is 5.21. The van der Waals surface area contributed by atoms with Gasteiger partial charge >= 0.3 is 0 Å². The smallest absolute Gasteiger partial charge is 0.119 e. The predicted molar refractivity (Wildman–Crippen MR) is 85.3 cm³/mol. The second kappa shape index (κ2) is 7.81. The third-order valence-electron chi connectivity index (χ3n) is 3.35. The van der Waals surface area contributed by atoms with E-state index in [0.29, 0.717) is 13.2 Å². The highest BCUT2D eigenvalue weighted by atomic mass is 16.5. The summed E-state index contributed by atoms with van der Waals surface area (Å²) in [6.07, 6.45) is -0.318. The zero-order valence-corrected chi connectivity index (χ0v) is 12.7. The van der Waals surface area contributed by atoms with Crippen LogP contribution in [0.25, 0.3) is 0 Å². The van der Waals surface area contributed by atoms with Crippen molar-refractivity contribution in [2.75, 3.05) is 6.54 Å². The van der Waals surface area contributed by atoms with Gasteiger partial charge in [-0.15, -0.1) is 0 Å². The minimum atomic E-state index is -0.318. The van der Waals surface area contributed by atoms with Crippen LogP contribution in [0.15, 0.2) is 48.5 Å². The summed E-state index contributed by atoms with van der Waals surface area (Å²) in [4.78, 5) is 0. The van der Waals surface area contributed by atoms with Crippen LogP contribution in [-0.2, 0) is 13.2 Å². The van der Waals surface area contributed by atoms with Crippen LogP contribution in [0.1, 0.15) is 23.6 Å². The highest BCUT2D eigenvalue weighted by Crippen LogP contribution is 2.15. The van der Waals surface area contributed by atoms with E-state index in [2.05, 4.69) is 24.4 Å². The van der Waals surface area contributed by atoms with Gasteiger partial charge in [0.05, 0.1) is 6.10 Å². The molecule has 1 atom stereocenters. The van der Waals surface area contributed by atoms with Crippen LogP contribution in [-0.4, -0.2) is 17.8 Å². The van der Waals surface area contributed by atoms with E-state index >= 15 is 0 Å². The van der Waals surface area contributed by atoms with Gasteiger partial charge in [0.15, 0.2) is 0 Å². The van der Waals surface area contributed by atoms with Crippen LogP contribution in [0.4, 0.5) is 0 Å². The van der Waals surface area contributed by atoms with Gasteiger partial charge in [-0.25, -0.2) is 0 Å². The molecule has 0 radical (unpaired) electrons. The highest BCUT2D eigenvalue weighted by Gasteiger charge is 2.00. The van der Waals surface area contributed by atoms with Crippen molar-refractivity contribution in [3.05, 3.63) is 65.2 Å². The highest BCUT2D eigenvalue weighted by molar-refractivity contribution is 5.29. The molecule has 0 amide bonds. The van der Waals surface area contributed by atoms with E-state index < -0.39 is 0 Å². The molecule has 21 heavy (non-hydrogen) atoms. The Bertz CT molecular complexity index is 549. The first-order chi connectivity index (χ1) is 10.1. The standard InChI is InChI=1S/C18H23NO2/c1-14-5-3-4-6-17(14)13-21-18-9-7-16(8-10-18)12-19-11-15(2)20/h3-10,15,19-20H,11-13H2,1-2H3. The number of hydrogen-bond acceptors (Lipinski definition) is 3. The summed E-state index contributed by atoms with van der Waals surface area (Å²) >= 11 is 0. The fourth-order valence-electron chi connectivity index (χ4n) is 2.06. The molecule has 0 saturated heterocycles. The Hall–Kier alpha value is -1.84. The lowest BCUT2D eigenvalue weighted by Crippen LogP contribution is -2.23. The van der Waals surface area contributed by atoms with Crippen LogP contribution in [0.3, 0.4) is 0 Å². The molecule has 1 unspecified atom stereocenters. The van der Waals surface area contributed by atoms with Gasteiger partial charge in [0.25, 0.3) is 0 Å². The van der Waals surface area contributed by atoms with E-state index in [1.54, 1.807) is 6.92 Å². The molecule has 0 aromatic heterocycles. The summed E-state index contributed by atoms with van der Waals surface area (Å²) in [5.74, 6) is 0.873. The number of aliphatic hydroxyl groups is 1. The van der Waals surface area contributed by atoms with Crippen LogP contribution >= 0.6 is 0 Å². The van der Waals surface area contributed by atoms with Crippen molar-refractivity contribution < 1.29 is 9.84 Å². The maximum absolute atomic E-state index is 9.19. The van der Waals surface area contributed by atoms with E-state index in [1.807, 2.05) is 36.4 Å². The minimum absolute atomic E-state index is 0.318. The molecule has 112 valence electrons.